The quantitative estimate of drug-likeness (QED) is 0.767. The van der Waals surface area contributed by atoms with Crippen LogP contribution in [0.25, 0.3) is 0 Å². The van der Waals surface area contributed by atoms with E-state index in [1.807, 2.05) is 0 Å². The Hall–Kier alpha value is -3.55. The van der Waals surface area contributed by atoms with Crippen molar-refractivity contribution in [1.82, 2.24) is 0 Å². The molecule has 1 heterocycles. The van der Waals surface area contributed by atoms with Crippen molar-refractivity contribution in [2.45, 2.75) is 26.1 Å². The Bertz CT molecular complexity index is 881. The molecule has 1 aliphatic heterocycles. The van der Waals surface area contributed by atoms with E-state index in [4.69, 9.17) is 14.2 Å². The molecule has 3 rings (SSSR count). The minimum Gasteiger partial charge on any atom is -0.485 e. The molecule has 8 nitrogen and oxygen atoms in total. The van der Waals surface area contributed by atoms with E-state index in [1.165, 1.54) is 13.8 Å². The standard InChI is InChI=1S/C20H20N2O6/c1-12(19(24)22-15-9-7-14(8-10-15)21-13(2)23)27-20(25)18-11-26-16-5-3-4-6-17(16)28-18/h3-10,12,18H,11H2,1-2H3,(H,21,23)(H,22,24)/t12-,18+/m0/s1. The van der Waals surface area contributed by atoms with Crippen molar-refractivity contribution in [2.75, 3.05) is 17.2 Å². The summed E-state index contributed by atoms with van der Waals surface area (Å²) in [5.41, 5.74) is 1.12. The minimum atomic E-state index is -1.02. The van der Waals surface area contributed by atoms with Gasteiger partial charge in [0.05, 0.1) is 0 Å². The summed E-state index contributed by atoms with van der Waals surface area (Å²) < 4.78 is 16.3. The van der Waals surface area contributed by atoms with Gasteiger partial charge < -0.3 is 24.8 Å². The van der Waals surface area contributed by atoms with Gasteiger partial charge in [-0.3, -0.25) is 9.59 Å². The van der Waals surface area contributed by atoms with Crippen LogP contribution in [0.3, 0.4) is 0 Å². The van der Waals surface area contributed by atoms with Crippen molar-refractivity contribution in [3.8, 4) is 11.5 Å². The van der Waals surface area contributed by atoms with E-state index in [1.54, 1.807) is 48.5 Å². The van der Waals surface area contributed by atoms with Crippen molar-refractivity contribution in [3.63, 3.8) is 0 Å². The third-order valence-electron chi connectivity index (χ3n) is 3.91. The van der Waals surface area contributed by atoms with Crippen molar-refractivity contribution in [2.24, 2.45) is 0 Å². The SMILES string of the molecule is CC(=O)Nc1ccc(NC(=O)[C@H](C)OC(=O)[C@H]2COc3ccccc3O2)cc1. The van der Waals surface area contributed by atoms with Gasteiger partial charge in [0.25, 0.3) is 5.91 Å². The monoisotopic (exact) mass is 384 g/mol. The summed E-state index contributed by atoms with van der Waals surface area (Å²) in [6, 6.07) is 13.6. The summed E-state index contributed by atoms with van der Waals surface area (Å²) in [5, 5.41) is 5.28. The lowest BCUT2D eigenvalue weighted by molar-refractivity contribution is -0.162. The number of hydrogen-bond donors (Lipinski definition) is 2. The number of anilines is 2. The highest BCUT2D eigenvalue weighted by Crippen LogP contribution is 2.31. The summed E-state index contributed by atoms with van der Waals surface area (Å²) >= 11 is 0. The minimum absolute atomic E-state index is 0.00873. The van der Waals surface area contributed by atoms with Crippen LogP contribution in [0.15, 0.2) is 48.5 Å². The Morgan fingerprint density at radius 3 is 2.25 bits per heavy atom. The molecule has 0 unspecified atom stereocenters. The van der Waals surface area contributed by atoms with Gasteiger partial charge in [-0.2, -0.15) is 0 Å². The Balaban J connectivity index is 1.52. The van der Waals surface area contributed by atoms with Crippen LogP contribution in [0.5, 0.6) is 11.5 Å². The van der Waals surface area contributed by atoms with Crippen molar-refractivity contribution in [3.05, 3.63) is 48.5 Å². The van der Waals surface area contributed by atoms with Gasteiger partial charge in [0.15, 0.2) is 17.6 Å². The number of ether oxygens (including phenoxy) is 3. The molecule has 0 bridgehead atoms. The number of nitrogens with one attached hydrogen (secondary N) is 2. The Morgan fingerprint density at radius 1 is 1.00 bits per heavy atom. The molecule has 28 heavy (non-hydrogen) atoms. The van der Waals surface area contributed by atoms with Gasteiger partial charge in [-0.25, -0.2) is 4.79 Å². The topological polar surface area (TPSA) is 103 Å². The second-order valence-corrected chi connectivity index (χ2v) is 6.19. The first-order valence-corrected chi connectivity index (χ1v) is 8.70. The molecule has 0 aromatic heterocycles. The maximum absolute atomic E-state index is 12.3. The maximum Gasteiger partial charge on any atom is 0.351 e. The average Bonchev–Trinajstić information content (AvgIpc) is 2.68. The van der Waals surface area contributed by atoms with E-state index in [2.05, 4.69) is 10.6 Å². The molecule has 2 amide bonds. The first-order valence-electron chi connectivity index (χ1n) is 8.70. The Kier molecular flexibility index (Phi) is 5.78. The van der Waals surface area contributed by atoms with Gasteiger partial charge in [-0.15, -0.1) is 0 Å². The van der Waals surface area contributed by atoms with E-state index in [0.29, 0.717) is 22.9 Å². The average molecular weight is 384 g/mol. The fourth-order valence-corrected chi connectivity index (χ4v) is 2.52. The predicted octanol–water partition coefficient (Wildman–Crippen LogP) is 2.36. The number of carbonyl (C=O) groups is 3. The lowest BCUT2D eigenvalue weighted by Gasteiger charge is -2.25. The zero-order valence-corrected chi connectivity index (χ0v) is 15.4. The molecule has 2 aromatic rings. The second-order valence-electron chi connectivity index (χ2n) is 6.19. The van der Waals surface area contributed by atoms with E-state index in [-0.39, 0.29) is 12.5 Å². The fourth-order valence-electron chi connectivity index (χ4n) is 2.52. The molecule has 2 N–H and O–H groups in total. The summed E-state index contributed by atoms with van der Waals surface area (Å²) in [5.74, 6) is -0.350. The van der Waals surface area contributed by atoms with Crippen LogP contribution in [0.2, 0.25) is 0 Å². The number of carbonyl (C=O) groups excluding carboxylic acids is 3. The van der Waals surface area contributed by atoms with E-state index in [0.717, 1.165) is 0 Å². The lowest BCUT2D eigenvalue weighted by atomic mass is 10.2. The number of hydrogen-bond acceptors (Lipinski definition) is 6. The van der Waals surface area contributed by atoms with Gasteiger partial charge >= 0.3 is 5.97 Å². The molecule has 2 atom stereocenters. The third kappa shape index (κ3) is 4.79. The summed E-state index contributed by atoms with van der Waals surface area (Å²) in [4.78, 5) is 35.6. The molecule has 8 heteroatoms. The first-order chi connectivity index (χ1) is 13.4. The summed E-state index contributed by atoms with van der Waals surface area (Å²) in [6.45, 7) is 2.89. The van der Waals surface area contributed by atoms with Crippen molar-refractivity contribution >= 4 is 29.2 Å². The van der Waals surface area contributed by atoms with Crippen LogP contribution in [-0.4, -0.2) is 36.6 Å². The molecular weight excluding hydrogens is 364 g/mol. The maximum atomic E-state index is 12.3. The predicted molar refractivity (Wildman–Crippen MR) is 101 cm³/mol. The van der Waals surface area contributed by atoms with Crippen LogP contribution < -0.4 is 20.1 Å². The fraction of sp³-hybridized carbons (Fsp3) is 0.250. The van der Waals surface area contributed by atoms with Crippen molar-refractivity contribution < 1.29 is 28.6 Å². The zero-order valence-electron chi connectivity index (χ0n) is 15.4. The first kappa shape index (κ1) is 19.2. The molecule has 1 aliphatic rings. The highest BCUT2D eigenvalue weighted by molar-refractivity contribution is 5.96. The lowest BCUT2D eigenvalue weighted by Crippen LogP contribution is -2.41. The Morgan fingerprint density at radius 2 is 1.61 bits per heavy atom. The molecule has 0 fully saturated rings. The molecular formula is C20H20N2O6. The molecule has 146 valence electrons. The summed E-state index contributed by atoms with van der Waals surface area (Å²) in [6.07, 6.45) is -1.97. The highest BCUT2D eigenvalue weighted by atomic mass is 16.6. The van der Waals surface area contributed by atoms with E-state index in [9.17, 15) is 14.4 Å². The molecule has 0 aliphatic carbocycles. The number of fused-ring (bicyclic) bond motifs is 1. The van der Waals surface area contributed by atoms with Crippen LogP contribution in [0, 0.1) is 0 Å². The Labute approximate surface area is 161 Å². The molecule has 2 aromatic carbocycles. The molecule has 0 saturated heterocycles. The van der Waals surface area contributed by atoms with Crippen LogP contribution in [0.4, 0.5) is 11.4 Å². The van der Waals surface area contributed by atoms with Crippen LogP contribution in [0.1, 0.15) is 13.8 Å². The highest BCUT2D eigenvalue weighted by Gasteiger charge is 2.31. The van der Waals surface area contributed by atoms with Crippen LogP contribution in [-0.2, 0) is 19.1 Å². The number of benzene rings is 2. The van der Waals surface area contributed by atoms with Gasteiger partial charge in [-0.05, 0) is 43.3 Å². The molecule has 0 spiro atoms. The van der Waals surface area contributed by atoms with Crippen LogP contribution >= 0.6 is 0 Å². The second kappa shape index (κ2) is 8.43. The number of esters is 1. The smallest absolute Gasteiger partial charge is 0.351 e. The molecule has 0 radical (unpaired) electrons. The van der Waals surface area contributed by atoms with E-state index >= 15 is 0 Å². The van der Waals surface area contributed by atoms with Gasteiger partial charge in [0.2, 0.25) is 12.0 Å². The third-order valence-corrected chi connectivity index (χ3v) is 3.91. The number of para-hydroxylation sites is 2. The zero-order chi connectivity index (χ0) is 20.1. The number of amides is 2. The largest absolute Gasteiger partial charge is 0.485 e. The van der Waals surface area contributed by atoms with Crippen molar-refractivity contribution in [1.29, 1.82) is 0 Å². The van der Waals surface area contributed by atoms with Gasteiger partial charge in [0, 0.05) is 18.3 Å². The van der Waals surface area contributed by atoms with E-state index < -0.39 is 24.1 Å². The summed E-state index contributed by atoms with van der Waals surface area (Å²) in [7, 11) is 0. The van der Waals surface area contributed by atoms with Gasteiger partial charge in [-0.1, -0.05) is 12.1 Å². The van der Waals surface area contributed by atoms with Gasteiger partial charge in [0.1, 0.15) is 6.61 Å². The molecule has 0 saturated carbocycles. The number of rotatable bonds is 5. The normalized spacial score (nSPS) is 15.9.